The molecule has 138 valence electrons. The molecule has 1 amide bonds. The van der Waals surface area contributed by atoms with Crippen LogP contribution in [0.5, 0.6) is 5.75 Å². The number of aromatic nitrogens is 2. The first-order valence-electron chi connectivity index (χ1n) is 8.94. The molecular formula is C23H19N3O2. The van der Waals surface area contributed by atoms with Gasteiger partial charge in [0, 0.05) is 10.9 Å². The minimum atomic E-state index is -0.256. The highest BCUT2D eigenvalue weighted by Gasteiger charge is 2.20. The van der Waals surface area contributed by atoms with Crippen molar-refractivity contribution in [2.24, 2.45) is 0 Å². The van der Waals surface area contributed by atoms with Crippen LogP contribution in [0.25, 0.3) is 22.2 Å². The Labute approximate surface area is 163 Å². The monoisotopic (exact) mass is 369 g/mol. The molecule has 0 spiro atoms. The summed E-state index contributed by atoms with van der Waals surface area (Å²) in [5.41, 5.74) is 4.18. The third-order valence-corrected chi connectivity index (χ3v) is 4.55. The van der Waals surface area contributed by atoms with Gasteiger partial charge >= 0.3 is 0 Å². The molecule has 0 aliphatic heterocycles. The van der Waals surface area contributed by atoms with Crippen molar-refractivity contribution >= 4 is 22.5 Å². The van der Waals surface area contributed by atoms with Crippen LogP contribution in [0.1, 0.15) is 15.9 Å². The summed E-state index contributed by atoms with van der Waals surface area (Å²) in [6.45, 7) is 1.97. The van der Waals surface area contributed by atoms with Crippen LogP contribution < -0.4 is 10.1 Å². The number of aryl methyl sites for hydroxylation is 1. The normalized spacial score (nSPS) is 10.6. The van der Waals surface area contributed by atoms with E-state index >= 15 is 0 Å². The van der Waals surface area contributed by atoms with Gasteiger partial charge in [-0.1, -0.05) is 54.6 Å². The van der Waals surface area contributed by atoms with E-state index in [9.17, 15) is 4.79 Å². The van der Waals surface area contributed by atoms with Crippen LogP contribution in [0.3, 0.4) is 0 Å². The first kappa shape index (κ1) is 17.7. The molecule has 1 N–H and O–H groups in total. The summed E-state index contributed by atoms with van der Waals surface area (Å²) in [6.07, 6.45) is 0. The van der Waals surface area contributed by atoms with Crippen LogP contribution in [0.4, 0.5) is 5.69 Å². The smallest absolute Gasteiger partial charge is 0.258 e. The number of ether oxygens (including phenoxy) is 1. The maximum atomic E-state index is 13.4. The quantitative estimate of drug-likeness (QED) is 0.558. The lowest BCUT2D eigenvalue weighted by Gasteiger charge is -2.14. The Bertz CT molecular complexity index is 1160. The van der Waals surface area contributed by atoms with E-state index in [-0.39, 0.29) is 5.91 Å². The lowest BCUT2D eigenvalue weighted by molar-refractivity contribution is 0.102. The fourth-order valence-corrected chi connectivity index (χ4v) is 3.19. The summed E-state index contributed by atoms with van der Waals surface area (Å²) < 4.78 is 5.40. The van der Waals surface area contributed by atoms with Crippen LogP contribution >= 0.6 is 0 Å². The minimum absolute atomic E-state index is 0.256. The molecule has 28 heavy (non-hydrogen) atoms. The van der Waals surface area contributed by atoms with E-state index in [4.69, 9.17) is 4.74 Å². The summed E-state index contributed by atoms with van der Waals surface area (Å²) in [6, 6.07) is 22.8. The average Bonchev–Trinajstić information content (AvgIpc) is 2.73. The molecular weight excluding hydrogens is 350 g/mol. The van der Waals surface area contributed by atoms with Gasteiger partial charge in [0.25, 0.3) is 5.91 Å². The van der Waals surface area contributed by atoms with Crippen LogP contribution in [-0.2, 0) is 0 Å². The number of nitrogens with zero attached hydrogens (tertiary/aromatic N) is 2. The number of anilines is 1. The number of methoxy groups -OCH3 is 1. The molecule has 0 aliphatic rings. The molecule has 1 aromatic heterocycles. The number of benzene rings is 3. The average molecular weight is 369 g/mol. The highest BCUT2D eigenvalue weighted by atomic mass is 16.5. The molecule has 0 saturated heterocycles. The number of carbonyl (C=O) groups excluding carboxylic acids is 1. The molecule has 3 aromatic carbocycles. The van der Waals surface area contributed by atoms with Gasteiger partial charge in [-0.25, -0.2) is 0 Å². The Balaban J connectivity index is 1.87. The lowest BCUT2D eigenvalue weighted by atomic mass is 10.0. The number of nitrogens with one attached hydrogen (secondary N) is 1. The van der Waals surface area contributed by atoms with Gasteiger partial charge in [-0.15, -0.1) is 10.2 Å². The van der Waals surface area contributed by atoms with Gasteiger partial charge in [-0.05, 0) is 30.7 Å². The molecule has 0 aliphatic carbocycles. The molecule has 0 saturated carbocycles. The van der Waals surface area contributed by atoms with Crippen molar-refractivity contribution in [1.29, 1.82) is 0 Å². The van der Waals surface area contributed by atoms with Gasteiger partial charge in [-0.2, -0.15) is 0 Å². The molecule has 0 radical (unpaired) electrons. The van der Waals surface area contributed by atoms with Crippen molar-refractivity contribution in [2.45, 2.75) is 6.92 Å². The Morgan fingerprint density at radius 1 is 0.929 bits per heavy atom. The number of fused-ring (bicyclic) bond motifs is 1. The van der Waals surface area contributed by atoms with Crippen molar-refractivity contribution in [3.05, 3.63) is 83.9 Å². The zero-order chi connectivity index (χ0) is 19.5. The largest absolute Gasteiger partial charge is 0.495 e. The molecule has 1 heterocycles. The van der Waals surface area contributed by atoms with Crippen LogP contribution in [0.2, 0.25) is 0 Å². The van der Waals surface area contributed by atoms with E-state index in [1.54, 1.807) is 7.11 Å². The van der Waals surface area contributed by atoms with Gasteiger partial charge in [0.15, 0.2) is 0 Å². The van der Waals surface area contributed by atoms with Crippen molar-refractivity contribution in [1.82, 2.24) is 10.2 Å². The summed E-state index contributed by atoms with van der Waals surface area (Å²) in [7, 11) is 1.58. The summed E-state index contributed by atoms with van der Waals surface area (Å²) in [4.78, 5) is 13.4. The van der Waals surface area contributed by atoms with E-state index in [0.29, 0.717) is 28.2 Å². The second kappa shape index (κ2) is 7.48. The molecule has 0 bridgehead atoms. The molecule has 4 aromatic rings. The van der Waals surface area contributed by atoms with E-state index in [1.165, 1.54) is 0 Å². The Kier molecular flexibility index (Phi) is 4.72. The third-order valence-electron chi connectivity index (χ3n) is 4.55. The molecule has 5 nitrogen and oxygen atoms in total. The number of carbonyl (C=O) groups is 1. The first-order chi connectivity index (χ1) is 13.7. The van der Waals surface area contributed by atoms with Crippen LogP contribution in [-0.4, -0.2) is 23.2 Å². The van der Waals surface area contributed by atoms with Crippen LogP contribution in [0, 0.1) is 6.92 Å². The maximum absolute atomic E-state index is 13.4. The Hall–Kier alpha value is -3.73. The number of rotatable bonds is 4. The molecule has 0 atom stereocenters. The molecule has 5 heteroatoms. The zero-order valence-corrected chi connectivity index (χ0v) is 15.6. The maximum Gasteiger partial charge on any atom is 0.258 e. The van der Waals surface area contributed by atoms with E-state index in [2.05, 4.69) is 15.5 Å². The molecule has 0 unspecified atom stereocenters. The Morgan fingerprint density at radius 2 is 1.68 bits per heavy atom. The third kappa shape index (κ3) is 3.30. The summed E-state index contributed by atoms with van der Waals surface area (Å²) in [5, 5.41) is 12.4. The topological polar surface area (TPSA) is 64.1 Å². The Morgan fingerprint density at radius 3 is 2.46 bits per heavy atom. The minimum Gasteiger partial charge on any atom is -0.495 e. The fourth-order valence-electron chi connectivity index (χ4n) is 3.19. The molecule has 4 rings (SSSR count). The molecule has 0 fully saturated rings. The van der Waals surface area contributed by atoms with Gasteiger partial charge in [0.1, 0.15) is 11.4 Å². The van der Waals surface area contributed by atoms with Crippen molar-refractivity contribution in [3.63, 3.8) is 0 Å². The second-order valence-corrected chi connectivity index (χ2v) is 6.46. The van der Waals surface area contributed by atoms with Crippen molar-refractivity contribution in [3.8, 4) is 17.0 Å². The highest BCUT2D eigenvalue weighted by Crippen LogP contribution is 2.30. The number of hydrogen-bond donors (Lipinski definition) is 1. The summed E-state index contributed by atoms with van der Waals surface area (Å²) in [5.74, 6) is 0.348. The predicted octanol–water partition coefficient (Wildman–Crippen LogP) is 4.87. The van der Waals surface area contributed by atoms with Gasteiger partial charge in [0.05, 0.1) is 23.9 Å². The van der Waals surface area contributed by atoms with Crippen LogP contribution in [0.15, 0.2) is 72.8 Å². The second-order valence-electron chi connectivity index (χ2n) is 6.46. The standard InChI is InChI=1S/C23H19N3O2/c1-15-12-13-20(28-2)19(14-15)24-23(27)21-17-10-6-7-11-18(17)25-26-22(21)16-8-4-3-5-9-16/h3-14H,1-2H3,(H,24,27). The van der Waals surface area contributed by atoms with E-state index < -0.39 is 0 Å². The number of hydrogen-bond acceptors (Lipinski definition) is 4. The number of amides is 1. The fraction of sp³-hybridized carbons (Fsp3) is 0.0870. The van der Waals surface area contributed by atoms with Crippen molar-refractivity contribution < 1.29 is 9.53 Å². The van der Waals surface area contributed by atoms with Gasteiger partial charge in [-0.3, -0.25) is 4.79 Å². The first-order valence-corrected chi connectivity index (χ1v) is 8.94. The van der Waals surface area contributed by atoms with E-state index in [1.807, 2.05) is 79.7 Å². The highest BCUT2D eigenvalue weighted by molar-refractivity contribution is 6.16. The van der Waals surface area contributed by atoms with E-state index in [0.717, 1.165) is 16.5 Å². The van der Waals surface area contributed by atoms with Gasteiger partial charge < -0.3 is 10.1 Å². The van der Waals surface area contributed by atoms with Gasteiger partial charge in [0.2, 0.25) is 0 Å². The SMILES string of the molecule is COc1ccc(C)cc1NC(=O)c1c(-c2ccccc2)nnc2ccccc12. The predicted molar refractivity (Wildman–Crippen MR) is 111 cm³/mol. The van der Waals surface area contributed by atoms with Crippen molar-refractivity contribution in [2.75, 3.05) is 12.4 Å². The zero-order valence-electron chi connectivity index (χ0n) is 15.6. The summed E-state index contributed by atoms with van der Waals surface area (Å²) >= 11 is 0. The lowest BCUT2D eigenvalue weighted by Crippen LogP contribution is -2.16.